The number of unbranched alkanes of at least 4 members (excludes halogenated alkanes) is 14. The highest BCUT2D eigenvalue weighted by molar-refractivity contribution is 5.71. The molecule has 0 aromatic carbocycles. The van der Waals surface area contributed by atoms with E-state index < -0.39 is 0 Å². The summed E-state index contributed by atoms with van der Waals surface area (Å²) in [6, 6.07) is 0. The summed E-state index contributed by atoms with van der Waals surface area (Å²) in [6.45, 7) is 6.70. The first-order chi connectivity index (χ1) is 13.3. The smallest absolute Gasteiger partial charge is 0.298 e. The van der Waals surface area contributed by atoms with E-state index in [9.17, 15) is 4.79 Å². The van der Waals surface area contributed by atoms with Gasteiger partial charge in [-0.05, 0) is 19.8 Å². The van der Waals surface area contributed by atoms with Crippen molar-refractivity contribution >= 4 is 5.97 Å². The third-order valence-corrected chi connectivity index (χ3v) is 5.40. The molecule has 0 amide bonds. The van der Waals surface area contributed by atoms with E-state index in [-0.39, 0.29) is 11.9 Å². The zero-order valence-electron chi connectivity index (χ0n) is 18.7. The minimum Gasteiger partial charge on any atom is -0.298 e. The molecule has 0 fully saturated rings. The first kappa shape index (κ1) is 26.4. The normalized spacial score (nSPS) is 12.3. The lowest BCUT2D eigenvalue weighted by Crippen LogP contribution is -2.18. The summed E-state index contributed by atoms with van der Waals surface area (Å²) < 4.78 is 0. The molecule has 0 aliphatic heterocycles. The molecular formula is C24H48O3. The van der Waals surface area contributed by atoms with E-state index in [0.717, 1.165) is 32.1 Å². The van der Waals surface area contributed by atoms with Crippen molar-refractivity contribution in [2.75, 3.05) is 6.61 Å². The molecule has 0 bridgehead atoms. The molecule has 1 unspecified atom stereocenters. The molecule has 0 aliphatic rings. The van der Waals surface area contributed by atoms with Crippen LogP contribution in [0.2, 0.25) is 0 Å². The van der Waals surface area contributed by atoms with Gasteiger partial charge in [-0.15, -0.1) is 0 Å². The Morgan fingerprint density at radius 1 is 0.593 bits per heavy atom. The first-order valence-electron chi connectivity index (χ1n) is 12.1. The molecule has 0 heterocycles. The van der Waals surface area contributed by atoms with E-state index in [4.69, 9.17) is 9.78 Å². The predicted molar refractivity (Wildman–Crippen MR) is 116 cm³/mol. The zero-order chi connectivity index (χ0) is 20.0. The van der Waals surface area contributed by atoms with Gasteiger partial charge >= 0.3 is 5.97 Å². The monoisotopic (exact) mass is 384 g/mol. The van der Waals surface area contributed by atoms with Crippen molar-refractivity contribution in [3.63, 3.8) is 0 Å². The molecule has 0 spiro atoms. The summed E-state index contributed by atoms with van der Waals surface area (Å²) in [5.41, 5.74) is 0. The fourth-order valence-electron chi connectivity index (χ4n) is 3.60. The van der Waals surface area contributed by atoms with E-state index in [1.54, 1.807) is 0 Å². The van der Waals surface area contributed by atoms with Gasteiger partial charge < -0.3 is 0 Å². The summed E-state index contributed by atoms with van der Waals surface area (Å²) in [7, 11) is 0. The van der Waals surface area contributed by atoms with E-state index >= 15 is 0 Å². The number of rotatable bonds is 21. The Labute approximate surface area is 169 Å². The van der Waals surface area contributed by atoms with Crippen LogP contribution in [0.5, 0.6) is 0 Å². The van der Waals surface area contributed by atoms with Crippen molar-refractivity contribution in [3.05, 3.63) is 0 Å². The molecule has 0 aliphatic carbocycles. The van der Waals surface area contributed by atoms with Gasteiger partial charge in [-0.1, -0.05) is 117 Å². The van der Waals surface area contributed by atoms with Gasteiger partial charge in [0.2, 0.25) is 0 Å². The first-order valence-corrected chi connectivity index (χ1v) is 12.1. The largest absolute Gasteiger partial charge is 0.345 e. The van der Waals surface area contributed by atoms with Crippen molar-refractivity contribution < 1.29 is 14.6 Å². The van der Waals surface area contributed by atoms with E-state index in [2.05, 4.69) is 13.8 Å². The van der Waals surface area contributed by atoms with Gasteiger partial charge in [0.15, 0.2) is 0 Å². The van der Waals surface area contributed by atoms with E-state index in [1.807, 2.05) is 6.92 Å². The molecule has 0 saturated heterocycles. The summed E-state index contributed by atoms with van der Waals surface area (Å²) >= 11 is 0. The SMILES string of the molecule is CCCCCCCCCCCCCCCCC(CCCC)C(=O)OOCC. The highest BCUT2D eigenvalue weighted by Gasteiger charge is 2.20. The van der Waals surface area contributed by atoms with Gasteiger partial charge in [0.1, 0.15) is 0 Å². The van der Waals surface area contributed by atoms with Crippen molar-refractivity contribution in [1.82, 2.24) is 0 Å². The average molecular weight is 385 g/mol. The van der Waals surface area contributed by atoms with Crippen LogP contribution in [0.15, 0.2) is 0 Å². The van der Waals surface area contributed by atoms with Crippen molar-refractivity contribution in [2.45, 2.75) is 136 Å². The summed E-state index contributed by atoms with van der Waals surface area (Å²) in [6.07, 6.45) is 23.2. The molecule has 0 saturated carbocycles. The number of carbonyl (C=O) groups excluding carboxylic acids is 1. The molecule has 1 atom stereocenters. The van der Waals surface area contributed by atoms with Crippen LogP contribution < -0.4 is 0 Å². The van der Waals surface area contributed by atoms with Gasteiger partial charge in [0.25, 0.3) is 0 Å². The minimum atomic E-state index is -0.167. The lowest BCUT2D eigenvalue weighted by molar-refractivity contribution is -0.273. The Balaban J connectivity index is 3.49. The maximum Gasteiger partial charge on any atom is 0.345 e. The summed E-state index contributed by atoms with van der Waals surface area (Å²) in [4.78, 5) is 21.7. The predicted octanol–water partition coefficient (Wildman–Crippen LogP) is 8.16. The minimum absolute atomic E-state index is 0.0221. The number of hydrogen-bond acceptors (Lipinski definition) is 3. The van der Waals surface area contributed by atoms with E-state index in [0.29, 0.717) is 6.61 Å². The quantitative estimate of drug-likeness (QED) is 0.114. The zero-order valence-corrected chi connectivity index (χ0v) is 18.7. The van der Waals surface area contributed by atoms with Crippen LogP contribution in [0.4, 0.5) is 0 Å². The molecule has 3 nitrogen and oxygen atoms in total. The highest BCUT2D eigenvalue weighted by Crippen LogP contribution is 2.20. The molecule has 0 aromatic rings. The van der Waals surface area contributed by atoms with Crippen LogP contribution in [0.1, 0.15) is 136 Å². The Kier molecular flexibility index (Phi) is 21.3. The molecular weight excluding hydrogens is 336 g/mol. The molecule has 0 N–H and O–H groups in total. The Hall–Kier alpha value is -0.570. The number of hydrogen-bond donors (Lipinski definition) is 0. The standard InChI is InChI=1S/C24H48O3/c1-4-7-9-10-11-12-13-14-15-16-17-18-19-20-22-23(21-8-5-2)24(25)27-26-6-3/h23H,4-22H2,1-3H3. The van der Waals surface area contributed by atoms with Gasteiger partial charge in [-0.3, -0.25) is 4.89 Å². The molecule has 27 heavy (non-hydrogen) atoms. The maximum atomic E-state index is 12.0. The molecule has 0 aromatic heterocycles. The van der Waals surface area contributed by atoms with Crippen LogP contribution in [-0.4, -0.2) is 12.6 Å². The third kappa shape index (κ3) is 18.6. The average Bonchev–Trinajstić information content (AvgIpc) is 2.68. The van der Waals surface area contributed by atoms with Crippen LogP contribution in [0.25, 0.3) is 0 Å². The van der Waals surface area contributed by atoms with Crippen LogP contribution in [0.3, 0.4) is 0 Å². The molecule has 162 valence electrons. The lowest BCUT2D eigenvalue weighted by Gasteiger charge is -2.14. The fourth-order valence-corrected chi connectivity index (χ4v) is 3.60. The van der Waals surface area contributed by atoms with Gasteiger partial charge in [0, 0.05) is 0 Å². The van der Waals surface area contributed by atoms with E-state index in [1.165, 1.54) is 83.5 Å². The highest BCUT2D eigenvalue weighted by atomic mass is 17.2. The maximum absolute atomic E-state index is 12.0. The summed E-state index contributed by atoms with van der Waals surface area (Å²) in [5, 5.41) is 0. The topological polar surface area (TPSA) is 35.5 Å². The second-order valence-corrected chi connectivity index (χ2v) is 8.03. The fraction of sp³-hybridized carbons (Fsp3) is 0.958. The molecule has 0 rings (SSSR count). The van der Waals surface area contributed by atoms with Crippen molar-refractivity contribution in [2.24, 2.45) is 5.92 Å². The second-order valence-electron chi connectivity index (χ2n) is 8.03. The number of carbonyl (C=O) groups is 1. The van der Waals surface area contributed by atoms with Crippen LogP contribution >= 0.6 is 0 Å². The van der Waals surface area contributed by atoms with Crippen molar-refractivity contribution in [3.8, 4) is 0 Å². The van der Waals surface area contributed by atoms with Crippen molar-refractivity contribution in [1.29, 1.82) is 0 Å². The van der Waals surface area contributed by atoms with Crippen LogP contribution in [-0.2, 0) is 14.6 Å². The van der Waals surface area contributed by atoms with Crippen LogP contribution in [0, 0.1) is 5.92 Å². The van der Waals surface area contributed by atoms with Gasteiger partial charge in [-0.25, -0.2) is 4.79 Å². The Morgan fingerprint density at radius 2 is 1.00 bits per heavy atom. The summed E-state index contributed by atoms with van der Waals surface area (Å²) in [5.74, 6) is -0.145. The Morgan fingerprint density at radius 3 is 1.44 bits per heavy atom. The Bertz CT molecular complexity index is 304. The molecule has 3 heteroatoms. The van der Waals surface area contributed by atoms with Gasteiger partial charge in [-0.2, -0.15) is 4.89 Å². The third-order valence-electron chi connectivity index (χ3n) is 5.40. The van der Waals surface area contributed by atoms with Gasteiger partial charge in [0.05, 0.1) is 12.5 Å². The lowest BCUT2D eigenvalue weighted by atomic mass is 9.95. The molecule has 0 radical (unpaired) electrons. The second kappa shape index (κ2) is 21.7.